The van der Waals surface area contributed by atoms with Crippen LogP contribution in [0.1, 0.15) is 6.42 Å². The summed E-state index contributed by atoms with van der Waals surface area (Å²) in [4.78, 5) is 0. The van der Waals surface area contributed by atoms with Crippen molar-refractivity contribution in [3.8, 4) is 0 Å². The molecule has 0 amide bonds. The van der Waals surface area contributed by atoms with Gasteiger partial charge in [0.1, 0.15) is 5.25 Å². The number of nitrogens with two attached hydrogens (primary N) is 1. The molecule has 1 fully saturated rings. The van der Waals surface area contributed by atoms with E-state index in [9.17, 15) is 8.42 Å². The fourth-order valence-corrected chi connectivity index (χ4v) is 2.38. The normalized spacial score (nSPS) is 19.7. The average molecular weight is 179 g/mol. The zero-order chi connectivity index (χ0) is 8.32. The molecule has 0 atom stereocenters. The highest BCUT2D eigenvalue weighted by Gasteiger charge is 2.31. The first-order valence-electron chi connectivity index (χ1n) is 3.66. The molecule has 0 unspecified atom stereocenters. The summed E-state index contributed by atoms with van der Waals surface area (Å²) in [6.07, 6.45) is 0.554. The topological polar surface area (TPSA) is 69.4 Å². The summed E-state index contributed by atoms with van der Waals surface area (Å²) in [5.41, 5.74) is 5.20. The molecule has 1 aliphatic heterocycles. The van der Waals surface area contributed by atoms with E-state index in [2.05, 4.69) is 0 Å². The Bertz CT molecular complexity index is 208. The standard InChI is InChI=1S/C6H13NO3S/c7-2-1-3-11(8,9)6-4-10-5-6/h6H,1-5,7H2. The van der Waals surface area contributed by atoms with Gasteiger partial charge in [-0.3, -0.25) is 0 Å². The smallest absolute Gasteiger partial charge is 0.157 e. The molecule has 66 valence electrons. The predicted molar refractivity (Wildman–Crippen MR) is 42.1 cm³/mol. The van der Waals surface area contributed by atoms with Gasteiger partial charge in [-0.2, -0.15) is 0 Å². The van der Waals surface area contributed by atoms with Crippen molar-refractivity contribution in [2.24, 2.45) is 5.73 Å². The molecule has 5 heteroatoms. The van der Waals surface area contributed by atoms with Crippen molar-refractivity contribution in [2.75, 3.05) is 25.5 Å². The average Bonchev–Trinajstić information content (AvgIpc) is 1.78. The molecule has 0 saturated carbocycles. The van der Waals surface area contributed by atoms with Gasteiger partial charge in [0.15, 0.2) is 9.84 Å². The lowest BCUT2D eigenvalue weighted by atomic mass is 10.4. The molecular weight excluding hydrogens is 166 g/mol. The van der Waals surface area contributed by atoms with Crippen molar-refractivity contribution in [3.63, 3.8) is 0 Å². The summed E-state index contributed by atoms with van der Waals surface area (Å²) in [6, 6.07) is 0. The van der Waals surface area contributed by atoms with E-state index in [1.807, 2.05) is 0 Å². The van der Waals surface area contributed by atoms with Crippen molar-refractivity contribution in [2.45, 2.75) is 11.7 Å². The third-order valence-corrected chi connectivity index (χ3v) is 3.89. The Morgan fingerprint density at radius 1 is 1.45 bits per heavy atom. The van der Waals surface area contributed by atoms with Crippen molar-refractivity contribution in [3.05, 3.63) is 0 Å². The van der Waals surface area contributed by atoms with Crippen LogP contribution >= 0.6 is 0 Å². The summed E-state index contributed by atoms with van der Waals surface area (Å²) < 4.78 is 27.3. The highest BCUT2D eigenvalue weighted by atomic mass is 32.2. The van der Waals surface area contributed by atoms with Crippen LogP contribution in [0, 0.1) is 0 Å². The van der Waals surface area contributed by atoms with Gasteiger partial charge < -0.3 is 10.5 Å². The van der Waals surface area contributed by atoms with Gasteiger partial charge >= 0.3 is 0 Å². The largest absolute Gasteiger partial charge is 0.379 e. The van der Waals surface area contributed by atoms with Crippen molar-refractivity contribution < 1.29 is 13.2 Å². The molecule has 2 N–H and O–H groups in total. The van der Waals surface area contributed by atoms with E-state index in [1.54, 1.807) is 0 Å². The van der Waals surface area contributed by atoms with Crippen molar-refractivity contribution in [1.29, 1.82) is 0 Å². The summed E-state index contributed by atoms with van der Waals surface area (Å²) in [7, 11) is -2.89. The maximum Gasteiger partial charge on any atom is 0.157 e. The van der Waals surface area contributed by atoms with Gasteiger partial charge in [-0.25, -0.2) is 8.42 Å². The van der Waals surface area contributed by atoms with Crippen molar-refractivity contribution in [1.82, 2.24) is 0 Å². The summed E-state index contributed by atoms with van der Waals surface area (Å²) in [6.45, 7) is 1.17. The first kappa shape index (κ1) is 8.96. The number of hydrogen-bond acceptors (Lipinski definition) is 4. The zero-order valence-corrected chi connectivity index (χ0v) is 7.14. The molecule has 1 heterocycles. The second-order valence-electron chi connectivity index (χ2n) is 2.67. The Balaban J connectivity index is 2.39. The molecule has 0 radical (unpaired) electrons. The van der Waals surface area contributed by atoms with Crippen LogP contribution in [0.25, 0.3) is 0 Å². The van der Waals surface area contributed by atoms with Crippen LogP contribution in [0.2, 0.25) is 0 Å². The number of ether oxygens (including phenoxy) is 1. The van der Waals surface area contributed by atoms with E-state index in [0.29, 0.717) is 26.2 Å². The van der Waals surface area contributed by atoms with Crippen LogP contribution in [-0.2, 0) is 14.6 Å². The second kappa shape index (κ2) is 3.51. The Kier molecular flexibility index (Phi) is 2.86. The molecule has 0 spiro atoms. The lowest BCUT2D eigenvalue weighted by Crippen LogP contribution is -2.42. The molecule has 1 saturated heterocycles. The zero-order valence-electron chi connectivity index (χ0n) is 6.32. The van der Waals surface area contributed by atoms with Gasteiger partial charge in [0.05, 0.1) is 19.0 Å². The molecule has 0 aromatic heterocycles. The highest BCUT2D eigenvalue weighted by molar-refractivity contribution is 7.92. The number of hydrogen-bond donors (Lipinski definition) is 1. The van der Waals surface area contributed by atoms with Crippen LogP contribution in [-0.4, -0.2) is 39.2 Å². The van der Waals surface area contributed by atoms with Gasteiger partial charge in [-0.05, 0) is 13.0 Å². The maximum atomic E-state index is 11.2. The second-order valence-corrected chi connectivity index (χ2v) is 5.07. The number of sulfone groups is 1. The fourth-order valence-electron chi connectivity index (χ4n) is 0.873. The Hall–Kier alpha value is -0.130. The van der Waals surface area contributed by atoms with Crippen LogP contribution in [0.3, 0.4) is 0 Å². The molecular formula is C6H13NO3S. The van der Waals surface area contributed by atoms with E-state index in [1.165, 1.54) is 0 Å². The van der Waals surface area contributed by atoms with Crippen LogP contribution in [0.5, 0.6) is 0 Å². The molecule has 11 heavy (non-hydrogen) atoms. The first-order valence-corrected chi connectivity index (χ1v) is 5.38. The molecule has 0 aromatic carbocycles. The quantitative estimate of drug-likeness (QED) is 0.610. The van der Waals surface area contributed by atoms with Gasteiger partial charge in [0.2, 0.25) is 0 Å². The monoisotopic (exact) mass is 179 g/mol. The molecule has 1 rings (SSSR count). The van der Waals surface area contributed by atoms with Crippen LogP contribution in [0.15, 0.2) is 0 Å². The summed E-state index contributed by atoms with van der Waals surface area (Å²) in [5, 5.41) is -0.256. The van der Waals surface area contributed by atoms with Gasteiger partial charge in [0.25, 0.3) is 0 Å². The molecule has 4 nitrogen and oxygen atoms in total. The Morgan fingerprint density at radius 3 is 2.45 bits per heavy atom. The van der Waals surface area contributed by atoms with E-state index >= 15 is 0 Å². The van der Waals surface area contributed by atoms with Crippen LogP contribution in [0.4, 0.5) is 0 Å². The van der Waals surface area contributed by atoms with E-state index < -0.39 is 9.84 Å². The van der Waals surface area contributed by atoms with E-state index in [-0.39, 0.29) is 11.0 Å². The maximum absolute atomic E-state index is 11.2. The molecule has 1 aliphatic rings. The van der Waals surface area contributed by atoms with Crippen molar-refractivity contribution >= 4 is 9.84 Å². The lowest BCUT2D eigenvalue weighted by Gasteiger charge is -2.25. The minimum atomic E-state index is -2.89. The predicted octanol–water partition coefficient (Wildman–Crippen LogP) is -0.851. The number of rotatable bonds is 4. The van der Waals surface area contributed by atoms with E-state index in [4.69, 9.17) is 10.5 Å². The van der Waals surface area contributed by atoms with Crippen LogP contribution < -0.4 is 5.73 Å². The fraction of sp³-hybridized carbons (Fsp3) is 1.00. The molecule has 0 bridgehead atoms. The molecule has 0 aliphatic carbocycles. The van der Waals surface area contributed by atoms with E-state index in [0.717, 1.165) is 0 Å². The SMILES string of the molecule is NCCCS(=O)(=O)C1COC1. The van der Waals surface area contributed by atoms with Gasteiger partial charge in [-0.1, -0.05) is 0 Å². The van der Waals surface area contributed by atoms with Gasteiger partial charge in [-0.15, -0.1) is 0 Å². The minimum Gasteiger partial charge on any atom is -0.379 e. The lowest BCUT2D eigenvalue weighted by molar-refractivity contribution is 0.0416. The third-order valence-electron chi connectivity index (χ3n) is 1.75. The minimum absolute atomic E-state index is 0.206. The molecule has 0 aromatic rings. The Labute approximate surface area is 66.6 Å². The Morgan fingerprint density at radius 2 is 2.09 bits per heavy atom. The van der Waals surface area contributed by atoms with Gasteiger partial charge in [0, 0.05) is 0 Å². The summed E-state index contributed by atoms with van der Waals surface area (Å²) >= 11 is 0. The first-order chi connectivity index (χ1) is 5.17. The highest BCUT2D eigenvalue weighted by Crippen LogP contribution is 2.12. The third kappa shape index (κ3) is 2.15. The summed E-state index contributed by atoms with van der Waals surface area (Å²) in [5.74, 6) is 0.206.